The van der Waals surface area contributed by atoms with Crippen molar-refractivity contribution >= 4 is 56.4 Å². The molecule has 2 aliphatic heterocycles. The zero-order chi connectivity index (χ0) is 26.7. The van der Waals surface area contributed by atoms with Gasteiger partial charge in [0.1, 0.15) is 5.02 Å². The Labute approximate surface area is 227 Å². The lowest BCUT2D eigenvalue weighted by Gasteiger charge is -2.30. The number of rotatable bonds is 5. The number of halogens is 1. The van der Waals surface area contributed by atoms with E-state index in [0.29, 0.717) is 55.6 Å². The number of piperidine rings is 1. The summed E-state index contributed by atoms with van der Waals surface area (Å²) < 4.78 is 25.8. The first-order valence-corrected chi connectivity index (χ1v) is 14.7. The Bertz CT molecular complexity index is 1440. The molecule has 3 aromatic rings. The summed E-state index contributed by atoms with van der Waals surface area (Å²) in [6.07, 6.45) is 8.19. The van der Waals surface area contributed by atoms with Crippen molar-refractivity contribution in [1.82, 2.24) is 19.3 Å². The largest absolute Gasteiger partial charge is 0.339 e. The van der Waals surface area contributed by atoms with E-state index in [0.717, 1.165) is 34.6 Å². The highest BCUT2D eigenvalue weighted by molar-refractivity contribution is 7.89. The van der Waals surface area contributed by atoms with Gasteiger partial charge in [-0.3, -0.25) is 9.78 Å². The number of amides is 1. The number of anilines is 5. The maximum atomic E-state index is 13.0. The number of aromatic nitrogens is 3. The Hall–Kier alpha value is -3.28. The summed E-state index contributed by atoms with van der Waals surface area (Å²) in [6, 6.07) is 7.75. The van der Waals surface area contributed by atoms with E-state index >= 15 is 0 Å². The van der Waals surface area contributed by atoms with Crippen LogP contribution in [0, 0.1) is 5.92 Å². The lowest BCUT2D eigenvalue weighted by atomic mass is 9.94. The lowest BCUT2D eigenvalue weighted by molar-refractivity contribution is -0.117. The van der Waals surface area contributed by atoms with E-state index in [4.69, 9.17) is 11.6 Å². The van der Waals surface area contributed by atoms with Gasteiger partial charge in [-0.05, 0) is 73.9 Å². The molecule has 0 unspecified atom stereocenters. The minimum absolute atomic E-state index is 0.0713. The SMILES string of the molecule is CCS(=O)(=O)N1CCC(CC(=O)Nc2ccc3cc2CCc2cncc(c2)Nc2ncc(Cl)c(n2)N3)CC1. The fourth-order valence-electron chi connectivity index (χ4n) is 4.79. The van der Waals surface area contributed by atoms with Gasteiger partial charge < -0.3 is 16.0 Å². The number of carbonyl (C=O) groups is 1. The van der Waals surface area contributed by atoms with Crippen LogP contribution in [0.5, 0.6) is 0 Å². The van der Waals surface area contributed by atoms with Crippen LogP contribution in [-0.2, 0) is 27.7 Å². The molecule has 1 aromatic carbocycles. The third kappa shape index (κ3) is 6.23. The summed E-state index contributed by atoms with van der Waals surface area (Å²) in [7, 11) is -3.18. The Kier molecular flexibility index (Phi) is 7.78. The molecule has 2 aliphatic rings. The van der Waals surface area contributed by atoms with Gasteiger partial charge in [0.2, 0.25) is 21.9 Å². The molecule has 1 saturated heterocycles. The van der Waals surface area contributed by atoms with Gasteiger partial charge in [-0.1, -0.05) is 11.6 Å². The number of sulfonamides is 1. The molecule has 1 fully saturated rings. The van der Waals surface area contributed by atoms with Crippen molar-refractivity contribution in [3.05, 3.63) is 59.0 Å². The quantitative estimate of drug-likeness (QED) is 0.419. The second-order valence-corrected chi connectivity index (χ2v) is 12.3. The van der Waals surface area contributed by atoms with Crippen molar-refractivity contribution in [2.45, 2.75) is 39.0 Å². The highest BCUT2D eigenvalue weighted by Crippen LogP contribution is 2.30. The molecule has 5 rings (SSSR count). The van der Waals surface area contributed by atoms with E-state index in [1.165, 1.54) is 10.5 Å². The van der Waals surface area contributed by atoms with Crippen molar-refractivity contribution in [3.8, 4) is 0 Å². The maximum absolute atomic E-state index is 13.0. The van der Waals surface area contributed by atoms with Gasteiger partial charge in [0.25, 0.3) is 0 Å². The number of nitrogens with zero attached hydrogens (tertiary/aromatic N) is 4. The monoisotopic (exact) mass is 555 g/mol. The summed E-state index contributed by atoms with van der Waals surface area (Å²) in [6.45, 7) is 2.59. The van der Waals surface area contributed by atoms with Crippen LogP contribution >= 0.6 is 11.6 Å². The average molecular weight is 556 g/mol. The van der Waals surface area contributed by atoms with Gasteiger partial charge in [-0.2, -0.15) is 4.98 Å². The fourth-order valence-corrected chi connectivity index (χ4v) is 6.06. The molecule has 0 saturated carbocycles. The maximum Gasteiger partial charge on any atom is 0.229 e. The second-order valence-electron chi connectivity index (χ2n) is 9.59. The number of hydrogen-bond acceptors (Lipinski definition) is 8. The van der Waals surface area contributed by atoms with Crippen LogP contribution in [0.1, 0.15) is 37.3 Å². The summed E-state index contributed by atoms with van der Waals surface area (Å²) in [5, 5.41) is 9.91. The van der Waals surface area contributed by atoms with Crippen molar-refractivity contribution < 1.29 is 13.2 Å². The Balaban J connectivity index is 1.33. The standard InChI is InChI=1S/C26H30ClN7O3S/c1-2-38(36,37)34-9-7-17(8-10-34)12-24(35)32-23-6-5-20-13-19(23)4-3-18-11-21(15-28-14-18)31-26-29-16-22(27)25(30-20)33-26/h5-6,11,13-17H,2-4,7-10,12H2,1H3,(H,32,35)(H2,29,30,31,33). The minimum Gasteiger partial charge on any atom is -0.339 e. The van der Waals surface area contributed by atoms with Gasteiger partial charge in [0.05, 0.1) is 23.8 Å². The van der Waals surface area contributed by atoms with E-state index in [2.05, 4.69) is 30.9 Å². The van der Waals surface area contributed by atoms with Crippen LogP contribution in [-0.4, -0.2) is 52.4 Å². The minimum atomic E-state index is -3.18. The van der Waals surface area contributed by atoms with Crippen LogP contribution in [0.2, 0.25) is 5.02 Å². The highest BCUT2D eigenvalue weighted by atomic mass is 35.5. The van der Waals surface area contributed by atoms with Crippen LogP contribution in [0.15, 0.2) is 42.9 Å². The number of pyridine rings is 1. The average Bonchev–Trinajstić information content (AvgIpc) is 2.91. The molecule has 0 radical (unpaired) electrons. The third-order valence-electron chi connectivity index (χ3n) is 6.93. The molecule has 38 heavy (non-hydrogen) atoms. The van der Waals surface area contributed by atoms with E-state index in [9.17, 15) is 13.2 Å². The smallest absolute Gasteiger partial charge is 0.229 e. The van der Waals surface area contributed by atoms with Gasteiger partial charge in [0, 0.05) is 37.1 Å². The molecule has 4 heterocycles. The summed E-state index contributed by atoms with van der Waals surface area (Å²) >= 11 is 6.35. The van der Waals surface area contributed by atoms with E-state index < -0.39 is 10.0 Å². The number of nitrogens with one attached hydrogen (secondary N) is 3. The number of aryl methyl sites for hydroxylation is 2. The molecule has 0 atom stereocenters. The number of carbonyl (C=O) groups excluding carboxylic acids is 1. The Morgan fingerprint density at radius 2 is 1.92 bits per heavy atom. The second kappa shape index (κ2) is 11.2. The molecular formula is C26H30ClN7O3S. The molecule has 3 N–H and O–H groups in total. The molecular weight excluding hydrogens is 526 g/mol. The van der Waals surface area contributed by atoms with E-state index in [-0.39, 0.29) is 17.6 Å². The molecule has 200 valence electrons. The first kappa shape index (κ1) is 26.3. The fraction of sp³-hybridized carbons (Fsp3) is 0.385. The third-order valence-corrected chi connectivity index (χ3v) is 9.08. The van der Waals surface area contributed by atoms with Crippen LogP contribution in [0.25, 0.3) is 0 Å². The predicted molar refractivity (Wildman–Crippen MR) is 149 cm³/mol. The van der Waals surface area contributed by atoms with Gasteiger partial charge in [-0.25, -0.2) is 17.7 Å². The van der Waals surface area contributed by atoms with Crippen molar-refractivity contribution in [2.75, 3.05) is 34.8 Å². The molecule has 0 aliphatic carbocycles. The summed E-state index contributed by atoms with van der Waals surface area (Å²) in [4.78, 5) is 26.1. The molecule has 1 amide bonds. The Morgan fingerprint density at radius 3 is 2.71 bits per heavy atom. The zero-order valence-electron chi connectivity index (χ0n) is 21.1. The molecule has 12 heteroatoms. The van der Waals surface area contributed by atoms with Crippen molar-refractivity contribution in [3.63, 3.8) is 0 Å². The number of benzene rings is 1. The van der Waals surface area contributed by atoms with Crippen molar-refractivity contribution in [1.29, 1.82) is 0 Å². The number of fused-ring (bicyclic) bond motifs is 6. The lowest BCUT2D eigenvalue weighted by Crippen LogP contribution is -2.39. The molecule has 2 aromatic heterocycles. The zero-order valence-corrected chi connectivity index (χ0v) is 22.6. The highest BCUT2D eigenvalue weighted by Gasteiger charge is 2.28. The molecule has 0 spiro atoms. The van der Waals surface area contributed by atoms with Crippen LogP contribution in [0.3, 0.4) is 0 Å². The van der Waals surface area contributed by atoms with Crippen LogP contribution in [0.4, 0.5) is 28.8 Å². The summed E-state index contributed by atoms with van der Waals surface area (Å²) in [5.74, 6) is 1.05. The first-order valence-electron chi connectivity index (χ1n) is 12.7. The van der Waals surface area contributed by atoms with Gasteiger partial charge >= 0.3 is 0 Å². The summed E-state index contributed by atoms with van der Waals surface area (Å²) in [5.41, 5.74) is 4.31. The van der Waals surface area contributed by atoms with Gasteiger partial charge in [-0.15, -0.1) is 0 Å². The van der Waals surface area contributed by atoms with Crippen molar-refractivity contribution in [2.24, 2.45) is 5.92 Å². The normalized spacial score (nSPS) is 16.3. The van der Waals surface area contributed by atoms with Gasteiger partial charge in [0.15, 0.2) is 5.82 Å². The van der Waals surface area contributed by atoms with E-state index in [1.807, 2.05) is 30.5 Å². The van der Waals surface area contributed by atoms with E-state index in [1.54, 1.807) is 13.1 Å². The predicted octanol–water partition coefficient (Wildman–Crippen LogP) is 4.50. The number of hydrogen-bond donors (Lipinski definition) is 3. The first-order chi connectivity index (χ1) is 18.3. The topological polar surface area (TPSA) is 129 Å². The van der Waals surface area contributed by atoms with Crippen LogP contribution < -0.4 is 16.0 Å². The molecule has 10 nitrogen and oxygen atoms in total. The Morgan fingerprint density at radius 1 is 1.11 bits per heavy atom. The molecule has 6 bridgehead atoms.